The predicted molar refractivity (Wildman–Crippen MR) is 84.3 cm³/mol. The summed E-state index contributed by atoms with van der Waals surface area (Å²) in [7, 11) is 3.43. The van der Waals surface area contributed by atoms with Gasteiger partial charge in [-0.1, -0.05) is 23.2 Å². The molecule has 1 aromatic heterocycles. The van der Waals surface area contributed by atoms with E-state index in [1.54, 1.807) is 0 Å². The molecule has 0 unspecified atom stereocenters. The summed E-state index contributed by atoms with van der Waals surface area (Å²) < 4.78 is 7.08. The Balaban J connectivity index is 2.12. The molecule has 1 heterocycles. The number of hydrogen-bond donors (Lipinski definition) is 1. The van der Waals surface area contributed by atoms with Gasteiger partial charge in [-0.2, -0.15) is 0 Å². The van der Waals surface area contributed by atoms with Gasteiger partial charge in [0.25, 0.3) is 5.91 Å². The summed E-state index contributed by atoms with van der Waals surface area (Å²) in [5.74, 6) is 0.133. The van der Waals surface area contributed by atoms with E-state index in [4.69, 9.17) is 27.9 Å². The number of methoxy groups -OCH3 is 1. The largest absolute Gasteiger partial charge is 0.494 e. The summed E-state index contributed by atoms with van der Waals surface area (Å²) in [6.45, 7) is 2.44. The van der Waals surface area contributed by atoms with Gasteiger partial charge >= 0.3 is 0 Å². The second-order valence-corrected chi connectivity index (χ2v) is 5.50. The standard InChI is InChI=1S/C15H16Cl2N2O2/c1-9-4-5-11(19(9)2)8-18-15(20)10-6-12(16)14(21-3)13(17)7-10/h4-7H,8H2,1-3H3,(H,18,20). The van der Waals surface area contributed by atoms with Crippen molar-refractivity contribution in [3.63, 3.8) is 0 Å². The number of carbonyl (C=O) groups is 1. The highest BCUT2D eigenvalue weighted by Gasteiger charge is 2.13. The van der Waals surface area contributed by atoms with E-state index in [1.165, 1.54) is 19.2 Å². The zero-order valence-electron chi connectivity index (χ0n) is 12.0. The molecule has 1 aromatic carbocycles. The molecule has 2 rings (SSSR count). The van der Waals surface area contributed by atoms with E-state index in [-0.39, 0.29) is 5.91 Å². The van der Waals surface area contributed by atoms with Gasteiger partial charge in [0, 0.05) is 24.0 Å². The molecule has 0 radical (unpaired) electrons. The molecular formula is C15H16Cl2N2O2. The number of halogens is 2. The summed E-state index contributed by atoms with van der Waals surface area (Å²) in [6, 6.07) is 7.06. The van der Waals surface area contributed by atoms with Crippen LogP contribution in [0.4, 0.5) is 0 Å². The Bertz CT molecular complexity index is 657. The van der Waals surface area contributed by atoms with Crippen LogP contribution in [0.2, 0.25) is 10.0 Å². The van der Waals surface area contributed by atoms with Crippen molar-refractivity contribution in [3.05, 3.63) is 51.3 Å². The van der Waals surface area contributed by atoms with Crippen molar-refractivity contribution in [2.75, 3.05) is 7.11 Å². The number of ether oxygens (including phenoxy) is 1. The van der Waals surface area contributed by atoms with Crippen molar-refractivity contribution in [2.45, 2.75) is 13.5 Å². The monoisotopic (exact) mass is 326 g/mol. The summed E-state index contributed by atoms with van der Waals surface area (Å²) in [5, 5.41) is 3.46. The molecule has 112 valence electrons. The van der Waals surface area contributed by atoms with Crippen LogP contribution in [-0.2, 0) is 13.6 Å². The van der Waals surface area contributed by atoms with Crippen LogP contribution in [-0.4, -0.2) is 17.6 Å². The molecule has 0 aliphatic carbocycles. The maximum absolute atomic E-state index is 12.2. The Labute approximate surface area is 133 Å². The molecular weight excluding hydrogens is 311 g/mol. The number of amides is 1. The summed E-state index contributed by atoms with van der Waals surface area (Å²) in [6.07, 6.45) is 0. The van der Waals surface area contributed by atoms with E-state index in [2.05, 4.69) is 5.32 Å². The maximum atomic E-state index is 12.2. The summed E-state index contributed by atoms with van der Waals surface area (Å²) in [4.78, 5) is 12.2. The lowest BCUT2D eigenvalue weighted by molar-refractivity contribution is 0.0950. The lowest BCUT2D eigenvalue weighted by Gasteiger charge is -2.10. The van der Waals surface area contributed by atoms with Crippen LogP contribution >= 0.6 is 23.2 Å². The topological polar surface area (TPSA) is 43.3 Å². The minimum absolute atomic E-state index is 0.236. The van der Waals surface area contributed by atoms with Gasteiger partial charge in [-0.15, -0.1) is 0 Å². The van der Waals surface area contributed by atoms with E-state index in [9.17, 15) is 4.79 Å². The lowest BCUT2D eigenvalue weighted by Crippen LogP contribution is -2.24. The highest BCUT2D eigenvalue weighted by molar-refractivity contribution is 6.37. The van der Waals surface area contributed by atoms with Crippen LogP contribution < -0.4 is 10.1 Å². The molecule has 4 nitrogen and oxygen atoms in total. The van der Waals surface area contributed by atoms with Gasteiger partial charge in [0.05, 0.1) is 23.7 Å². The van der Waals surface area contributed by atoms with Gasteiger partial charge in [0.15, 0.2) is 5.75 Å². The molecule has 0 fully saturated rings. The average molecular weight is 327 g/mol. The third kappa shape index (κ3) is 3.34. The van der Waals surface area contributed by atoms with E-state index in [1.807, 2.05) is 30.7 Å². The first kappa shape index (κ1) is 15.7. The van der Waals surface area contributed by atoms with Gasteiger partial charge < -0.3 is 14.6 Å². The molecule has 0 saturated heterocycles. The lowest BCUT2D eigenvalue weighted by atomic mass is 10.2. The molecule has 0 aliphatic rings. The van der Waals surface area contributed by atoms with E-state index < -0.39 is 0 Å². The number of benzene rings is 1. The predicted octanol–water partition coefficient (Wildman–Crippen LogP) is 3.58. The van der Waals surface area contributed by atoms with Crippen molar-refractivity contribution in [2.24, 2.45) is 7.05 Å². The molecule has 1 N–H and O–H groups in total. The van der Waals surface area contributed by atoms with Gasteiger partial charge in [-0.05, 0) is 31.2 Å². The van der Waals surface area contributed by atoms with E-state index in [0.29, 0.717) is 27.9 Å². The number of hydrogen-bond acceptors (Lipinski definition) is 2. The normalized spacial score (nSPS) is 10.5. The number of aryl methyl sites for hydroxylation is 1. The third-order valence-corrected chi connectivity index (χ3v) is 3.93. The second kappa shape index (κ2) is 6.41. The third-order valence-electron chi connectivity index (χ3n) is 3.37. The molecule has 6 heteroatoms. The quantitative estimate of drug-likeness (QED) is 0.933. The SMILES string of the molecule is COc1c(Cl)cc(C(=O)NCc2ccc(C)n2C)cc1Cl. The average Bonchev–Trinajstić information content (AvgIpc) is 2.76. The minimum Gasteiger partial charge on any atom is -0.494 e. The smallest absolute Gasteiger partial charge is 0.251 e. The van der Waals surface area contributed by atoms with E-state index in [0.717, 1.165) is 11.4 Å². The number of nitrogens with zero attached hydrogens (tertiary/aromatic N) is 1. The zero-order chi connectivity index (χ0) is 15.6. The number of aromatic nitrogens is 1. The summed E-state index contributed by atoms with van der Waals surface area (Å²) in [5.41, 5.74) is 2.55. The van der Waals surface area contributed by atoms with Crippen LogP contribution in [0.5, 0.6) is 5.75 Å². The fraction of sp³-hybridized carbons (Fsp3) is 0.267. The Hall–Kier alpha value is -1.65. The fourth-order valence-electron chi connectivity index (χ4n) is 2.00. The Morgan fingerprint density at radius 1 is 1.29 bits per heavy atom. The molecule has 1 amide bonds. The number of nitrogens with one attached hydrogen (secondary N) is 1. The van der Waals surface area contributed by atoms with Crippen LogP contribution in [0.3, 0.4) is 0 Å². The van der Waals surface area contributed by atoms with Crippen LogP contribution in [0.15, 0.2) is 24.3 Å². The number of rotatable bonds is 4. The Morgan fingerprint density at radius 3 is 2.38 bits per heavy atom. The van der Waals surface area contributed by atoms with Crippen molar-refractivity contribution >= 4 is 29.1 Å². The first-order valence-electron chi connectivity index (χ1n) is 6.36. The molecule has 21 heavy (non-hydrogen) atoms. The van der Waals surface area contributed by atoms with Gasteiger partial charge in [-0.3, -0.25) is 4.79 Å². The van der Waals surface area contributed by atoms with Gasteiger partial charge in [-0.25, -0.2) is 0 Å². The van der Waals surface area contributed by atoms with Gasteiger partial charge in [0.2, 0.25) is 0 Å². The second-order valence-electron chi connectivity index (χ2n) is 4.68. The summed E-state index contributed by atoms with van der Waals surface area (Å²) >= 11 is 12.1. The van der Waals surface area contributed by atoms with Crippen LogP contribution in [0, 0.1) is 6.92 Å². The zero-order valence-corrected chi connectivity index (χ0v) is 13.5. The highest BCUT2D eigenvalue weighted by atomic mass is 35.5. The Morgan fingerprint density at radius 2 is 1.90 bits per heavy atom. The van der Waals surface area contributed by atoms with Crippen molar-refractivity contribution in [1.29, 1.82) is 0 Å². The van der Waals surface area contributed by atoms with Gasteiger partial charge in [0.1, 0.15) is 0 Å². The van der Waals surface area contributed by atoms with Crippen molar-refractivity contribution in [1.82, 2.24) is 9.88 Å². The van der Waals surface area contributed by atoms with Crippen molar-refractivity contribution < 1.29 is 9.53 Å². The maximum Gasteiger partial charge on any atom is 0.251 e. The van der Waals surface area contributed by atoms with Crippen LogP contribution in [0.25, 0.3) is 0 Å². The molecule has 0 spiro atoms. The molecule has 0 bridgehead atoms. The fourth-order valence-corrected chi connectivity index (χ4v) is 2.64. The van der Waals surface area contributed by atoms with Crippen LogP contribution in [0.1, 0.15) is 21.7 Å². The van der Waals surface area contributed by atoms with E-state index >= 15 is 0 Å². The molecule has 2 aromatic rings. The first-order valence-corrected chi connectivity index (χ1v) is 7.12. The minimum atomic E-state index is -0.236. The molecule has 0 aliphatic heterocycles. The molecule has 0 atom stereocenters. The first-order chi connectivity index (χ1) is 9.93. The molecule has 0 saturated carbocycles. The number of carbonyl (C=O) groups excluding carboxylic acids is 1. The van der Waals surface area contributed by atoms with Crippen molar-refractivity contribution in [3.8, 4) is 5.75 Å². The Kier molecular flexibility index (Phi) is 4.80. The highest BCUT2D eigenvalue weighted by Crippen LogP contribution is 2.33.